The third-order valence-electron chi connectivity index (χ3n) is 6.58. The minimum Gasteiger partial charge on any atom is -0.376 e. The first-order valence-corrected chi connectivity index (χ1v) is 11.9. The van der Waals surface area contributed by atoms with Crippen molar-refractivity contribution in [1.82, 2.24) is 15.1 Å². The van der Waals surface area contributed by atoms with Gasteiger partial charge < -0.3 is 15.0 Å². The fourth-order valence-corrected chi connectivity index (χ4v) is 5.05. The molecule has 0 aromatic rings. The minimum atomic E-state index is 0.507. The maximum Gasteiger partial charge on any atom is 0.0708 e. The van der Waals surface area contributed by atoms with Crippen LogP contribution < -0.4 is 5.32 Å². The number of nitrogens with one attached hydrogen (secondary N) is 1. The molecular formula is C23H49N3O. The van der Waals surface area contributed by atoms with E-state index in [-0.39, 0.29) is 0 Å². The van der Waals surface area contributed by atoms with Crippen LogP contribution in [0.1, 0.15) is 73.6 Å². The molecule has 4 rings (SSSR count). The number of piperidine rings is 2. The second-order valence-corrected chi connectivity index (χ2v) is 8.36. The summed E-state index contributed by atoms with van der Waals surface area (Å²) in [6, 6.07) is 0. The Morgan fingerprint density at radius 1 is 0.852 bits per heavy atom. The van der Waals surface area contributed by atoms with Crippen LogP contribution in [0.5, 0.6) is 0 Å². The molecule has 0 aliphatic carbocycles. The second kappa shape index (κ2) is 12.4. The molecule has 4 aliphatic rings. The lowest BCUT2D eigenvalue weighted by molar-refractivity contribution is -0.0494. The van der Waals surface area contributed by atoms with Crippen LogP contribution in [0.2, 0.25) is 0 Å². The molecule has 0 amide bonds. The van der Waals surface area contributed by atoms with E-state index in [9.17, 15) is 0 Å². The van der Waals surface area contributed by atoms with E-state index >= 15 is 0 Å². The average molecular weight is 384 g/mol. The van der Waals surface area contributed by atoms with Crippen molar-refractivity contribution in [1.29, 1.82) is 0 Å². The van der Waals surface area contributed by atoms with Crippen molar-refractivity contribution in [3.63, 3.8) is 0 Å². The number of hydrogen-bond donors (Lipinski definition) is 1. The molecule has 0 aromatic carbocycles. The lowest BCUT2D eigenvalue weighted by Gasteiger charge is -2.53. The highest BCUT2D eigenvalue weighted by Gasteiger charge is 2.46. The van der Waals surface area contributed by atoms with E-state index in [1.54, 1.807) is 0 Å². The Labute approximate surface area is 170 Å². The first-order chi connectivity index (χ1) is 13.2. The van der Waals surface area contributed by atoms with Crippen LogP contribution in [-0.2, 0) is 4.74 Å². The van der Waals surface area contributed by atoms with Crippen molar-refractivity contribution in [2.75, 3.05) is 59.5 Å². The van der Waals surface area contributed by atoms with Crippen LogP contribution >= 0.6 is 0 Å². The Bertz CT molecular complexity index is 366. The van der Waals surface area contributed by atoms with Crippen LogP contribution in [0.25, 0.3) is 0 Å². The summed E-state index contributed by atoms with van der Waals surface area (Å²) < 4.78 is 6.19. The Morgan fingerprint density at radius 2 is 1.41 bits per heavy atom. The highest BCUT2D eigenvalue weighted by atomic mass is 16.5. The zero-order chi connectivity index (χ0) is 20.3. The highest BCUT2D eigenvalue weighted by molar-refractivity contribution is 5.00. The Kier molecular flexibility index (Phi) is 11.4. The molecule has 4 aliphatic heterocycles. The molecule has 0 bridgehead atoms. The zero-order valence-corrected chi connectivity index (χ0v) is 19.6. The van der Waals surface area contributed by atoms with Crippen molar-refractivity contribution in [3.05, 3.63) is 0 Å². The van der Waals surface area contributed by atoms with E-state index in [1.807, 2.05) is 41.5 Å². The molecule has 1 unspecified atom stereocenters. The predicted molar refractivity (Wildman–Crippen MR) is 119 cm³/mol. The number of hydrogen-bond acceptors (Lipinski definition) is 4. The summed E-state index contributed by atoms with van der Waals surface area (Å²) in [4.78, 5) is 5.12. The van der Waals surface area contributed by atoms with Gasteiger partial charge in [0, 0.05) is 19.6 Å². The van der Waals surface area contributed by atoms with Crippen LogP contribution in [-0.4, -0.2) is 75.4 Å². The van der Waals surface area contributed by atoms with Crippen LogP contribution in [0, 0.1) is 10.8 Å². The van der Waals surface area contributed by atoms with Crippen LogP contribution in [0.15, 0.2) is 0 Å². The lowest BCUT2D eigenvalue weighted by Crippen LogP contribution is -2.61. The van der Waals surface area contributed by atoms with Gasteiger partial charge in [0.15, 0.2) is 0 Å². The first-order valence-electron chi connectivity index (χ1n) is 11.9. The van der Waals surface area contributed by atoms with Gasteiger partial charge in [0.1, 0.15) is 0 Å². The van der Waals surface area contributed by atoms with Gasteiger partial charge in [0.05, 0.1) is 12.7 Å². The summed E-state index contributed by atoms with van der Waals surface area (Å²) in [7, 11) is 2.25. The SMILES string of the molecule is CC.CC.CC.CN1CCC2(CC1)COC(CN1CC3(CCNCC3)C1)C2. The molecule has 4 saturated heterocycles. The Balaban J connectivity index is 0.000000556. The smallest absolute Gasteiger partial charge is 0.0708 e. The maximum atomic E-state index is 6.19. The van der Waals surface area contributed by atoms with Gasteiger partial charge in [-0.25, -0.2) is 0 Å². The molecule has 1 atom stereocenters. The quantitative estimate of drug-likeness (QED) is 0.771. The third kappa shape index (κ3) is 6.69. The largest absolute Gasteiger partial charge is 0.376 e. The molecule has 4 nitrogen and oxygen atoms in total. The van der Waals surface area contributed by atoms with Crippen molar-refractivity contribution in [2.24, 2.45) is 10.8 Å². The van der Waals surface area contributed by atoms with E-state index in [0.29, 0.717) is 16.9 Å². The monoisotopic (exact) mass is 383 g/mol. The zero-order valence-electron chi connectivity index (χ0n) is 19.6. The van der Waals surface area contributed by atoms with Gasteiger partial charge >= 0.3 is 0 Å². The van der Waals surface area contributed by atoms with Gasteiger partial charge in [-0.2, -0.15) is 0 Å². The fourth-order valence-electron chi connectivity index (χ4n) is 5.05. The number of nitrogens with zero attached hydrogens (tertiary/aromatic N) is 2. The Morgan fingerprint density at radius 3 is 1.96 bits per heavy atom. The molecule has 162 valence electrons. The van der Waals surface area contributed by atoms with Gasteiger partial charge in [0.25, 0.3) is 0 Å². The number of rotatable bonds is 2. The maximum absolute atomic E-state index is 6.19. The molecule has 0 aromatic heterocycles. The van der Waals surface area contributed by atoms with Gasteiger partial charge in [-0.3, -0.25) is 4.90 Å². The molecule has 4 heteroatoms. The summed E-state index contributed by atoms with van der Waals surface area (Å²) in [5.74, 6) is 0. The topological polar surface area (TPSA) is 27.7 Å². The van der Waals surface area contributed by atoms with E-state index in [4.69, 9.17) is 4.74 Å². The molecule has 27 heavy (non-hydrogen) atoms. The fraction of sp³-hybridized carbons (Fsp3) is 1.00. The van der Waals surface area contributed by atoms with Gasteiger partial charge in [-0.1, -0.05) is 41.5 Å². The van der Waals surface area contributed by atoms with Crippen LogP contribution in [0.4, 0.5) is 0 Å². The van der Waals surface area contributed by atoms with Gasteiger partial charge in [0.2, 0.25) is 0 Å². The Hall–Kier alpha value is -0.160. The molecule has 0 saturated carbocycles. The van der Waals surface area contributed by atoms with E-state index in [2.05, 4.69) is 22.2 Å². The molecule has 2 spiro atoms. The molecule has 1 N–H and O–H groups in total. The van der Waals surface area contributed by atoms with Crippen LogP contribution in [0.3, 0.4) is 0 Å². The highest BCUT2D eigenvalue weighted by Crippen LogP contribution is 2.44. The molecular weight excluding hydrogens is 334 g/mol. The molecule has 4 heterocycles. The summed E-state index contributed by atoms with van der Waals surface area (Å²) in [6.45, 7) is 21.8. The van der Waals surface area contributed by atoms with Crippen molar-refractivity contribution < 1.29 is 4.74 Å². The summed E-state index contributed by atoms with van der Waals surface area (Å²) in [5.41, 5.74) is 1.18. The number of likely N-dealkylation sites (tertiary alicyclic amines) is 2. The predicted octanol–water partition coefficient (Wildman–Crippen LogP) is 4.25. The third-order valence-corrected chi connectivity index (χ3v) is 6.58. The number of ether oxygens (including phenoxy) is 1. The summed E-state index contributed by atoms with van der Waals surface area (Å²) >= 11 is 0. The second-order valence-electron chi connectivity index (χ2n) is 8.36. The van der Waals surface area contributed by atoms with Gasteiger partial charge in [-0.05, 0) is 76.2 Å². The van der Waals surface area contributed by atoms with E-state index in [1.165, 1.54) is 77.9 Å². The average Bonchev–Trinajstić information content (AvgIpc) is 3.11. The van der Waals surface area contributed by atoms with Crippen molar-refractivity contribution >= 4 is 0 Å². The summed E-state index contributed by atoms with van der Waals surface area (Å²) in [5, 5.41) is 3.49. The van der Waals surface area contributed by atoms with E-state index in [0.717, 1.165) is 6.61 Å². The van der Waals surface area contributed by atoms with Crippen molar-refractivity contribution in [2.45, 2.75) is 79.8 Å². The summed E-state index contributed by atoms with van der Waals surface area (Å²) in [6.07, 6.45) is 7.26. The van der Waals surface area contributed by atoms with E-state index < -0.39 is 0 Å². The lowest BCUT2D eigenvalue weighted by atomic mass is 9.72. The minimum absolute atomic E-state index is 0.507. The normalized spacial score (nSPS) is 28.8. The first kappa shape index (κ1) is 24.9. The van der Waals surface area contributed by atoms with Crippen molar-refractivity contribution in [3.8, 4) is 0 Å². The van der Waals surface area contributed by atoms with Gasteiger partial charge in [-0.15, -0.1) is 0 Å². The molecule has 0 radical (unpaired) electrons. The molecule has 4 fully saturated rings. The standard InChI is InChI=1S/C17H31N3O.3C2H6/c1-19-8-4-16(5-9-19)10-15(21-14-16)11-20-12-17(13-20)2-6-18-7-3-17;3*1-2/h15,18H,2-14H2,1H3;3*1-2H3.